The number of rotatable bonds is 4. The van der Waals surface area contributed by atoms with Gasteiger partial charge in [-0.2, -0.15) is 5.10 Å². The Bertz CT molecular complexity index is 595. The molecule has 5 heteroatoms. The Morgan fingerprint density at radius 3 is 2.68 bits per heavy atom. The second-order valence-electron chi connectivity index (χ2n) is 4.12. The summed E-state index contributed by atoms with van der Waals surface area (Å²) in [7, 11) is 1.58. The Hall–Kier alpha value is -1.36. The van der Waals surface area contributed by atoms with Crippen molar-refractivity contribution in [1.82, 2.24) is 9.78 Å². The summed E-state index contributed by atoms with van der Waals surface area (Å²) < 4.78 is 22.3. The highest BCUT2D eigenvalue weighted by atomic mass is 79.9. The highest BCUT2D eigenvalue weighted by Gasteiger charge is 2.20. The van der Waals surface area contributed by atoms with Crippen molar-refractivity contribution in [2.45, 2.75) is 26.8 Å². The Morgan fingerprint density at radius 2 is 2.11 bits per heavy atom. The minimum Gasteiger partial charge on any atom is -0.496 e. The zero-order valence-electron chi connectivity index (χ0n) is 11.2. The molecule has 0 N–H and O–H groups in total. The minimum atomic E-state index is -0.259. The fourth-order valence-electron chi connectivity index (χ4n) is 2.06. The van der Waals surface area contributed by atoms with Crippen LogP contribution in [0.1, 0.15) is 19.5 Å². The molecule has 2 aromatic rings. The van der Waals surface area contributed by atoms with Gasteiger partial charge in [0.2, 0.25) is 0 Å². The normalized spacial score (nSPS) is 10.8. The summed E-state index contributed by atoms with van der Waals surface area (Å²) in [4.78, 5) is 0. The maximum absolute atomic E-state index is 14.4. The second-order valence-corrected chi connectivity index (χ2v) is 5.04. The van der Waals surface area contributed by atoms with E-state index in [4.69, 9.17) is 4.74 Å². The van der Waals surface area contributed by atoms with Crippen molar-refractivity contribution in [1.29, 1.82) is 0 Å². The third-order valence-electron chi connectivity index (χ3n) is 3.01. The number of aromatic nitrogens is 2. The molecule has 2 rings (SSSR count). The number of ether oxygens (including phenoxy) is 1. The molecule has 1 aromatic carbocycles. The molecule has 0 atom stereocenters. The van der Waals surface area contributed by atoms with E-state index in [2.05, 4.69) is 21.0 Å². The highest BCUT2D eigenvalue weighted by molar-refractivity contribution is 9.10. The van der Waals surface area contributed by atoms with Crippen molar-refractivity contribution in [3.05, 3.63) is 34.2 Å². The summed E-state index contributed by atoms with van der Waals surface area (Å²) in [6.07, 6.45) is 0.574. The summed E-state index contributed by atoms with van der Waals surface area (Å²) in [6, 6.07) is 5.54. The average molecular weight is 327 g/mol. The second kappa shape index (κ2) is 5.74. The van der Waals surface area contributed by atoms with Crippen molar-refractivity contribution < 1.29 is 9.13 Å². The van der Waals surface area contributed by atoms with Crippen LogP contribution in [0.5, 0.6) is 5.75 Å². The van der Waals surface area contributed by atoms with E-state index in [-0.39, 0.29) is 5.82 Å². The zero-order chi connectivity index (χ0) is 14.0. The topological polar surface area (TPSA) is 27.1 Å². The van der Waals surface area contributed by atoms with E-state index in [1.807, 2.05) is 32.0 Å². The number of hydrogen-bond donors (Lipinski definition) is 0. The van der Waals surface area contributed by atoms with Gasteiger partial charge in [0.05, 0.1) is 12.8 Å². The van der Waals surface area contributed by atoms with Crippen LogP contribution in [-0.4, -0.2) is 16.9 Å². The van der Waals surface area contributed by atoms with Crippen molar-refractivity contribution in [3.8, 4) is 17.0 Å². The number of benzene rings is 1. The highest BCUT2D eigenvalue weighted by Crippen LogP contribution is 2.35. The Morgan fingerprint density at radius 1 is 1.37 bits per heavy atom. The van der Waals surface area contributed by atoms with Gasteiger partial charge in [-0.3, -0.25) is 4.68 Å². The lowest BCUT2D eigenvalue weighted by molar-refractivity contribution is 0.415. The SMILES string of the molecule is CCc1nn(CC)c(-c2ccc(Br)cc2OC)c1F. The van der Waals surface area contributed by atoms with Crippen LogP contribution in [0, 0.1) is 5.82 Å². The van der Waals surface area contributed by atoms with Crippen LogP contribution in [0.15, 0.2) is 22.7 Å². The van der Waals surface area contributed by atoms with Crippen LogP contribution in [-0.2, 0) is 13.0 Å². The number of methoxy groups -OCH3 is 1. The van der Waals surface area contributed by atoms with Gasteiger partial charge in [0.1, 0.15) is 11.4 Å². The molecule has 0 spiro atoms. The van der Waals surface area contributed by atoms with E-state index in [9.17, 15) is 4.39 Å². The van der Waals surface area contributed by atoms with E-state index in [1.165, 1.54) is 0 Å². The Kier molecular flexibility index (Phi) is 4.24. The molecule has 0 aliphatic heterocycles. The smallest absolute Gasteiger partial charge is 0.172 e. The van der Waals surface area contributed by atoms with E-state index < -0.39 is 0 Å². The molecule has 19 heavy (non-hydrogen) atoms. The third-order valence-corrected chi connectivity index (χ3v) is 3.51. The molecule has 102 valence electrons. The average Bonchev–Trinajstić information content (AvgIpc) is 2.75. The monoisotopic (exact) mass is 326 g/mol. The molecule has 0 unspecified atom stereocenters. The summed E-state index contributed by atoms with van der Waals surface area (Å²) in [5.74, 6) is 0.371. The first-order valence-corrected chi connectivity index (χ1v) is 7.00. The molecule has 1 aromatic heterocycles. The quantitative estimate of drug-likeness (QED) is 0.847. The first-order chi connectivity index (χ1) is 9.12. The van der Waals surface area contributed by atoms with Gasteiger partial charge in [-0.05, 0) is 31.5 Å². The summed E-state index contributed by atoms with van der Waals surface area (Å²) in [5, 5.41) is 4.30. The van der Waals surface area contributed by atoms with Crippen LogP contribution >= 0.6 is 15.9 Å². The van der Waals surface area contributed by atoms with Gasteiger partial charge in [-0.15, -0.1) is 0 Å². The van der Waals surface area contributed by atoms with E-state index in [1.54, 1.807) is 11.8 Å². The fourth-order valence-corrected chi connectivity index (χ4v) is 2.40. The van der Waals surface area contributed by atoms with Gasteiger partial charge >= 0.3 is 0 Å². The molecule has 0 aliphatic rings. The van der Waals surface area contributed by atoms with Gasteiger partial charge in [-0.1, -0.05) is 22.9 Å². The Labute approximate surface area is 120 Å². The number of halogens is 2. The van der Waals surface area contributed by atoms with Gasteiger partial charge in [0, 0.05) is 16.6 Å². The number of hydrogen-bond acceptors (Lipinski definition) is 2. The number of nitrogens with zero attached hydrogens (tertiary/aromatic N) is 2. The van der Waals surface area contributed by atoms with Crippen LogP contribution < -0.4 is 4.74 Å². The lowest BCUT2D eigenvalue weighted by atomic mass is 10.1. The molecule has 0 fully saturated rings. The van der Waals surface area contributed by atoms with Crippen molar-refractivity contribution >= 4 is 15.9 Å². The largest absolute Gasteiger partial charge is 0.496 e. The molecule has 0 bridgehead atoms. The van der Waals surface area contributed by atoms with Gasteiger partial charge in [0.25, 0.3) is 0 Å². The minimum absolute atomic E-state index is 0.259. The van der Waals surface area contributed by atoms with Crippen LogP contribution in [0.3, 0.4) is 0 Å². The lowest BCUT2D eigenvalue weighted by Crippen LogP contribution is -2.01. The fraction of sp³-hybridized carbons (Fsp3) is 0.357. The first-order valence-electron chi connectivity index (χ1n) is 6.21. The number of aryl methyl sites for hydroxylation is 2. The molecule has 0 saturated heterocycles. The van der Waals surface area contributed by atoms with Crippen LogP contribution in [0.2, 0.25) is 0 Å². The molecule has 1 heterocycles. The molecular formula is C14H16BrFN2O. The maximum atomic E-state index is 14.4. The molecule has 0 amide bonds. The summed E-state index contributed by atoms with van der Waals surface area (Å²) in [6.45, 7) is 4.46. The Balaban J connectivity index is 2.67. The van der Waals surface area contributed by atoms with Crippen molar-refractivity contribution in [2.24, 2.45) is 0 Å². The first kappa shape index (κ1) is 14.1. The van der Waals surface area contributed by atoms with Gasteiger partial charge in [0.15, 0.2) is 5.82 Å². The molecular weight excluding hydrogens is 311 g/mol. The van der Waals surface area contributed by atoms with Crippen molar-refractivity contribution in [3.63, 3.8) is 0 Å². The molecule has 3 nitrogen and oxygen atoms in total. The van der Waals surface area contributed by atoms with E-state index >= 15 is 0 Å². The van der Waals surface area contributed by atoms with E-state index in [0.29, 0.717) is 30.1 Å². The van der Waals surface area contributed by atoms with Crippen molar-refractivity contribution in [2.75, 3.05) is 7.11 Å². The van der Waals surface area contributed by atoms with E-state index in [0.717, 1.165) is 10.0 Å². The van der Waals surface area contributed by atoms with Crippen LogP contribution in [0.4, 0.5) is 4.39 Å². The molecule has 0 aliphatic carbocycles. The molecule has 0 saturated carbocycles. The summed E-state index contributed by atoms with van der Waals surface area (Å²) >= 11 is 3.39. The third kappa shape index (κ3) is 2.52. The van der Waals surface area contributed by atoms with Gasteiger partial charge in [-0.25, -0.2) is 4.39 Å². The van der Waals surface area contributed by atoms with Crippen LogP contribution in [0.25, 0.3) is 11.3 Å². The standard InChI is InChI=1S/C14H16BrFN2O/c1-4-11-13(16)14(18(5-2)17-11)10-7-6-9(15)8-12(10)19-3/h6-8H,4-5H2,1-3H3. The molecule has 0 radical (unpaired) electrons. The predicted molar refractivity (Wildman–Crippen MR) is 76.9 cm³/mol. The van der Waals surface area contributed by atoms with Gasteiger partial charge < -0.3 is 4.74 Å². The summed E-state index contributed by atoms with van der Waals surface area (Å²) in [5.41, 5.74) is 1.70. The lowest BCUT2D eigenvalue weighted by Gasteiger charge is -2.10. The maximum Gasteiger partial charge on any atom is 0.172 e. The predicted octanol–water partition coefficient (Wildman–Crippen LogP) is 4.04. The zero-order valence-corrected chi connectivity index (χ0v) is 12.8.